The minimum atomic E-state index is -0.986. The van der Waals surface area contributed by atoms with Crippen molar-refractivity contribution in [2.75, 3.05) is 5.32 Å². The van der Waals surface area contributed by atoms with E-state index < -0.39 is 5.97 Å². The second-order valence-electron chi connectivity index (χ2n) is 7.80. The zero-order chi connectivity index (χ0) is 23.8. The fraction of sp³-hybridized carbons (Fsp3) is 0.0769. The summed E-state index contributed by atoms with van der Waals surface area (Å²) in [7, 11) is 0. The van der Waals surface area contributed by atoms with Crippen LogP contribution in [0.5, 0.6) is 0 Å². The second-order valence-corrected chi connectivity index (χ2v) is 9.05. The molecule has 34 heavy (non-hydrogen) atoms. The maximum Gasteiger partial charge on any atom is 0.335 e. The third-order valence-electron chi connectivity index (χ3n) is 5.62. The first-order valence-corrected chi connectivity index (χ1v) is 11.6. The van der Waals surface area contributed by atoms with Crippen molar-refractivity contribution in [2.45, 2.75) is 13.5 Å². The fourth-order valence-corrected chi connectivity index (χ4v) is 4.43. The summed E-state index contributed by atoms with van der Waals surface area (Å²) in [5, 5.41) is 12.3. The predicted molar refractivity (Wildman–Crippen MR) is 137 cm³/mol. The number of fused-ring (bicyclic) bond motifs is 3. The van der Waals surface area contributed by atoms with Gasteiger partial charge in [0.25, 0.3) is 0 Å². The van der Waals surface area contributed by atoms with Crippen molar-refractivity contribution in [3.63, 3.8) is 0 Å². The summed E-state index contributed by atoms with van der Waals surface area (Å²) >= 11 is 2.24. The van der Waals surface area contributed by atoms with Gasteiger partial charge in [-0.15, -0.1) is 0 Å². The number of halogens is 2. The molecule has 2 N–H and O–H groups in total. The van der Waals surface area contributed by atoms with Gasteiger partial charge >= 0.3 is 5.97 Å². The summed E-state index contributed by atoms with van der Waals surface area (Å²) in [5.41, 5.74) is 5.94. The molecule has 5 rings (SSSR count). The third kappa shape index (κ3) is 4.16. The van der Waals surface area contributed by atoms with Gasteiger partial charge in [-0.25, -0.2) is 19.2 Å². The average molecular weight is 564 g/mol. The van der Waals surface area contributed by atoms with Gasteiger partial charge in [0.2, 0.25) is 5.95 Å². The van der Waals surface area contributed by atoms with Crippen LogP contribution >= 0.6 is 22.6 Å². The summed E-state index contributed by atoms with van der Waals surface area (Å²) in [6.45, 7) is 2.22. The number of rotatable bonds is 4. The Balaban J connectivity index is 1.62. The monoisotopic (exact) mass is 564 g/mol. The molecule has 0 fully saturated rings. The van der Waals surface area contributed by atoms with Crippen molar-refractivity contribution in [3.8, 4) is 11.3 Å². The maximum atomic E-state index is 14.7. The van der Waals surface area contributed by atoms with E-state index in [0.717, 1.165) is 31.6 Å². The topological polar surface area (TPSA) is 87.5 Å². The van der Waals surface area contributed by atoms with Gasteiger partial charge in [-0.2, -0.15) is 0 Å². The van der Waals surface area contributed by atoms with Crippen molar-refractivity contribution in [1.29, 1.82) is 0 Å². The molecule has 0 atom stereocenters. The summed E-state index contributed by atoms with van der Waals surface area (Å²) in [5.74, 6) is -0.925. The van der Waals surface area contributed by atoms with Crippen LogP contribution in [0.1, 0.15) is 32.7 Å². The van der Waals surface area contributed by atoms with E-state index >= 15 is 0 Å². The van der Waals surface area contributed by atoms with E-state index in [1.807, 2.05) is 25.1 Å². The summed E-state index contributed by atoms with van der Waals surface area (Å²) in [6.07, 6.45) is 0. The van der Waals surface area contributed by atoms with E-state index in [4.69, 9.17) is 15.1 Å². The Morgan fingerprint density at radius 3 is 2.50 bits per heavy atom. The number of anilines is 2. The minimum absolute atomic E-state index is 0.200. The van der Waals surface area contributed by atoms with Gasteiger partial charge in [-0.1, -0.05) is 18.2 Å². The van der Waals surface area contributed by atoms with E-state index in [9.17, 15) is 9.18 Å². The maximum absolute atomic E-state index is 14.7. The molecule has 3 aromatic carbocycles. The van der Waals surface area contributed by atoms with Crippen molar-refractivity contribution in [3.05, 3.63) is 104 Å². The SMILES string of the molecule is Cc1nc(Nc2ccc(C(=O)O)cc2)nc2c1CN=C(c1ccccc1F)c1cc(I)ccc1-2. The Kier molecular flexibility index (Phi) is 5.82. The normalized spacial score (nSPS) is 12.3. The van der Waals surface area contributed by atoms with Crippen LogP contribution in [0.15, 0.2) is 71.7 Å². The van der Waals surface area contributed by atoms with Gasteiger partial charge in [-0.05, 0) is 78.0 Å². The van der Waals surface area contributed by atoms with Crippen LogP contribution in [-0.2, 0) is 6.54 Å². The molecule has 0 bridgehead atoms. The number of aromatic carboxylic acids is 1. The molecule has 0 spiro atoms. The Morgan fingerprint density at radius 1 is 1.00 bits per heavy atom. The number of aliphatic imine (C=N–C) groups is 1. The zero-order valence-corrected chi connectivity index (χ0v) is 20.2. The third-order valence-corrected chi connectivity index (χ3v) is 6.29. The van der Waals surface area contributed by atoms with Crippen molar-refractivity contribution in [1.82, 2.24) is 9.97 Å². The lowest BCUT2D eigenvalue weighted by atomic mass is 9.95. The van der Waals surface area contributed by atoms with Gasteiger partial charge in [0, 0.05) is 37.2 Å². The van der Waals surface area contributed by atoms with E-state index in [1.165, 1.54) is 18.2 Å². The van der Waals surface area contributed by atoms with Crippen LogP contribution in [0.25, 0.3) is 11.3 Å². The number of nitrogens with zero attached hydrogens (tertiary/aromatic N) is 3. The van der Waals surface area contributed by atoms with Crippen LogP contribution in [-0.4, -0.2) is 26.8 Å². The first kappa shape index (κ1) is 22.1. The molecule has 0 radical (unpaired) electrons. The van der Waals surface area contributed by atoms with Gasteiger partial charge < -0.3 is 10.4 Å². The second kappa shape index (κ2) is 8.94. The van der Waals surface area contributed by atoms with Gasteiger partial charge in [0.05, 0.1) is 23.5 Å². The number of carboxylic acids is 1. The highest BCUT2D eigenvalue weighted by Gasteiger charge is 2.24. The molecule has 0 amide bonds. The number of hydrogen-bond acceptors (Lipinski definition) is 5. The number of aromatic nitrogens is 2. The summed E-state index contributed by atoms with van der Waals surface area (Å²) < 4.78 is 15.7. The molecule has 1 aliphatic rings. The van der Waals surface area contributed by atoms with Gasteiger partial charge in [0.1, 0.15) is 5.82 Å². The quantitative estimate of drug-likeness (QED) is 0.298. The van der Waals surface area contributed by atoms with Crippen LogP contribution in [0.3, 0.4) is 0 Å². The lowest BCUT2D eigenvalue weighted by Gasteiger charge is -2.14. The Hall–Kier alpha value is -3.66. The largest absolute Gasteiger partial charge is 0.478 e. The Bertz CT molecular complexity index is 1470. The molecule has 0 saturated heterocycles. The van der Waals surface area contributed by atoms with Gasteiger partial charge in [-0.3, -0.25) is 4.99 Å². The highest BCUT2D eigenvalue weighted by molar-refractivity contribution is 14.1. The molecule has 1 aromatic heterocycles. The average Bonchev–Trinajstić information content (AvgIpc) is 2.97. The smallest absolute Gasteiger partial charge is 0.335 e. The van der Waals surface area contributed by atoms with E-state index in [2.05, 4.69) is 32.9 Å². The molecule has 0 saturated carbocycles. The Morgan fingerprint density at radius 2 is 1.76 bits per heavy atom. The zero-order valence-electron chi connectivity index (χ0n) is 18.0. The first-order chi connectivity index (χ1) is 16.4. The number of hydrogen-bond donors (Lipinski definition) is 2. The molecule has 4 aromatic rings. The van der Waals surface area contributed by atoms with E-state index in [-0.39, 0.29) is 11.4 Å². The van der Waals surface area contributed by atoms with Crippen molar-refractivity contribution < 1.29 is 14.3 Å². The Labute approximate surface area is 208 Å². The molecular weight excluding hydrogens is 546 g/mol. The molecule has 1 aliphatic heterocycles. The molecule has 8 heteroatoms. The standard InChI is InChI=1S/C26H18FIN4O2/c1-14-21-13-29-23(19-4-2-3-5-22(19)27)20-12-16(28)8-11-18(20)24(21)32-26(30-14)31-17-9-6-15(7-10-17)25(33)34/h2-12H,13H2,1H3,(H,33,34)(H,30,31,32). The lowest BCUT2D eigenvalue weighted by Crippen LogP contribution is -2.08. The highest BCUT2D eigenvalue weighted by Crippen LogP contribution is 2.35. The number of aryl methyl sites for hydroxylation is 1. The van der Waals surface area contributed by atoms with Crippen LogP contribution in [0.4, 0.5) is 16.0 Å². The van der Waals surface area contributed by atoms with Crippen molar-refractivity contribution in [2.24, 2.45) is 4.99 Å². The van der Waals surface area contributed by atoms with Gasteiger partial charge in [0.15, 0.2) is 0 Å². The van der Waals surface area contributed by atoms with E-state index in [0.29, 0.717) is 29.5 Å². The molecule has 168 valence electrons. The number of nitrogens with one attached hydrogen (secondary N) is 1. The van der Waals surface area contributed by atoms with E-state index in [1.54, 1.807) is 30.3 Å². The summed E-state index contributed by atoms with van der Waals surface area (Å²) in [6, 6.07) is 19.0. The first-order valence-electron chi connectivity index (χ1n) is 10.5. The number of carboxylic acid groups (broad SMARTS) is 1. The highest BCUT2D eigenvalue weighted by atomic mass is 127. The van der Waals surface area contributed by atoms with Crippen LogP contribution in [0.2, 0.25) is 0 Å². The molecule has 2 heterocycles. The lowest BCUT2D eigenvalue weighted by molar-refractivity contribution is 0.0697. The number of carbonyl (C=O) groups is 1. The van der Waals surface area contributed by atoms with Crippen LogP contribution < -0.4 is 5.32 Å². The summed E-state index contributed by atoms with van der Waals surface area (Å²) in [4.78, 5) is 25.3. The number of benzene rings is 3. The molecule has 0 unspecified atom stereocenters. The molecule has 6 nitrogen and oxygen atoms in total. The minimum Gasteiger partial charge on any atom is -0.478 e. The fourth-order valence-electron chi connectivity index (χ4n) is 3.93. The van der Waals surface area contributed by atoms with Crippen molar-refractivity contribution >= 4 is 45.9 Å². The molecule has 0 aliphatic carbocycles. The molecular formula is C26H18FIN4O2. The predicted octanol–water partition coefficient (Wildman–Crippen LogP) is 5.99. The van der Waals surface area contributed by atoms with Crippen LogP contribution in [0, 0.1) is 16.3 Å².